The maximum Gasteiger partial charge on any atom is 0.139 e. The van der Waals surface area contributed by atoms with Gasteiger partial charge in [-0.25, -0.2) is 0 Å². The number of piperidine rings is 2. The molecule has 1 aromatic carbocycles. The second-order valence-electron chi connectivity index (χ2n) is 6.29. The van der Waals surface area contributed by atoms with Crippen molar-refractivity contribution >= 4 is 29.0 Å². The van der Waals surface area contributed by atoms with E-state index in [1.54, 1.807) is 0 Å². The van der Waals surface area contributed by atoms with Gasteiger partial charge >= 0.3 is 0 Å². The van der Waals surface area contributed by atoms with E-state index in [1.807, 2.05) is 12.1 Å². The number of carbonyl (C=O) groups is 1. The van der Waals surface area contributed by atoms with Crippen molar-refractivity contribution in [2.45, 2.75) is 43.7 Å². The lowest BCUT2D eigenvalue weighted by molar-refractivity contribution is -0.132. The highest BCUT2D eigenvalue weighted by Gasteiger charge is 2.52. The van der Waals surface area contributed by atoms with E-state index in [0.29, 0.717) is 33.8 Å². The molecule has 3 aliphatic heterocycles. The summed E-state index contributed by atoms with van der Waals surface area (Å²) < 4.78 is 0. The Labute approximate surface area is 129 Å². The summed E-state index contributed by atoms with van der Waals surface area (Å²) in [6, 6.07) is 7.00. The van der Waals surface area contributed by atoms with E-state index >= 15 is 0 Å². The average Bonchev–Trinajstić information content (AvgIpc) is 2.71. The number of hydrogen-bond acceptors (Lipinski definition) is 2. The molecule has 2 nitrogen and oxygen atoms in total. The first-order chi connectivity index (χ1) is 9.65. The van der Waals surface area contributed by atoms with Crippen LogP contribution in [0.2, 0.25) is 10.0 Å². The van der Waals surface area contributed by atoms with E-state index in [-0.39, 0.29) is 5.92 Å². The molecule has 4 rings (SSSR count). The minimum atomic E-state index is 0.166. The molecule has 0 aliphatic carbocycles. The van der Waals surface area contributed by atoms with Crippen molar-refractivity contribution in [3.63, 3.8) is 0 Å². The van der Waals surface area contributed by atoms with Crippen LogP contribution >= 0.6 is 23.2 Å². The van der Waals surface area contributed by atoms with Crippen LogP contribution in [0.5, 0.6) is 0 Å². The summed E-state index contributed by atoms with van der Waals surface area (Å²) in [5, 5.41) is 1.19. The monoisotopic (exact) mass is 309 g/mol. The normalized spacial score (nSPS) is 39.1. The molecule has 1 unspecified atom stereocenters. The average molecular weight is 310 g/mol. The van der Waals surface area contributed by atoms with Crippen molar-refractivity contribution in [3.8, 4) is 0 Å². The molecule has 0 radical (unpaired) electrons. The zero-order valence-corrected chi connectivity index (χ0v) is 12.7. The molecule has 4 bridgehead atoms. The van der Waals surface area contributed by atoms with Gasteiger partial charge in [0.15, 0.2) is 0 Å². The second-order valence-corrected chi connectivity index (χ2v) is 7.11. The SMILES string of the molecule is O=C1CCN2[C@H]3CC[C@@H]2[C@@H]1[C@@H](c1ccc(Cl)c(Cl)c1)C3. The van der Waals surface area contributed by atoms with Crippen LogP contribution < -0.4 is 0 Å². The fraction of sp³-hybridized carbons (Fsp3) is 0.562. The molecule has 0 amide bonds. The molecular weight excluding hydrogens is 293 g/mol. The Bertz CT molecular complexity index is 574. The van der Waals surface area contributed by atoms with Crippen LogP contribution in [-0.2, 0) is 4.79 Å². The van der Waals surface area contributed by atoms with Crippen molar-refractivity contribution in [1.29, 1.82) is 0 Å². The molecular formula is C16H17Cl2NO. The highest BCUT2D eigenvalue weighted by molar-refractivity contribution is 6.42. The predicted octanol–water partition coefficient (Wildman–Crippen LogP) is 3.90. The predicted molar refractivity (Wildman–Crippen MR) is 80.5 cm³/mol. The maximum absolute atomic E-state index is 12.4. The van der Waals surface area contributed by atoms with Gasteiger partial charge in [-0.2, -0.15) is 0 Å². The van der Waals surface area contributed by atoms with Gasteiger partial charge in [-0.1, -0.05) is 29.3 Å². The van der Waals surface area contributed by atoms with E-state index in [9.17, 15) is 4.79 Å². The van der Waals surface area contributed by atoms with Gasteiger partial charge in [-0.15, -0.1) is 0 Å². The first kappa shape index (κ1) is 13.1. The summed E-state index contributed by atoms with van der Waals surface area (Å²) in [5.74, 6) is 0.939. The largest absolute Gasteiger partial charge is 0.299 e. The van der Waals surface area contributed by atoms with E-state index in [2.05, 4.69) is 11.0 Å². The van der Waals surface area contributed by atoms with Gasteiger partial charge in [-0.3, -0.25) is 9.69 Å². The van der Waals surface area contributed by atoms with E-state index in [4.69, 9.17) is 23.2 Å². The maximum atomic E-state index is 12.4. The third-order valence-electron chi connectivity index (χ3n) is 5.42. The van der Waals surface area contributed by atoms with Gasteiger partial charge in [0.05, 0.1) is 10.0 Å². The van der Waals surface area contributed by atoms with E-state index < -0.39 is 0 Å². The Morgan fingerprint density at radius 1 is 1.15 bits per heavy atom. The Morgan fingerprint density at radius 2 is 2.00 bits per heavy atom. The number of hydrogen-bond donors (Lipinski definition) is 0. The van der Waals surface area contributed by atoms with Crippen molar-refractivity contribution in [1.82, 2.24) is 4.90 Å². The molecule has 3 aliphatic rings. The summed E-state index contributed by atoms with van der Waals surface area (Å²) in [7, 11) is 0. The van der Waals surface area contributed by atoms with Crippen LogP contribution in [0.3, 0.4) is 0 Å². The van der Waals surface area contributed by atoms with Gasteiger partial charge < -0.3 is 0 Å². The van der Waals surface area contributed by atoms with Crippen LogP contribution in [0.4, 0.5) is 0 Å². The quantitative estimate of drug-likeness (QED) is 0.784. The lowest BCUT2D eigenvalue weighted by atomic mass is 9.71. The molecule has 3 fully saturated rings. The molecule has 106 valence electrons. The number of Topliss-reactive ketones (excluding diaryl/α,β-unsaturated/α-hetero) is 1. The van der Waals surface area contributed by atoms with Crippen molar-refractivity contribution in [2.75, 3.05) is 6.54 Å². The Kier molecular flexibility index (Phi) is 3.10. The summed E-state index contributed by atoms with van der Waals surface area (Å²) in [4.78, 5) is 15.0. The summed E-state index contributed by atoms with van der Waals surface area (Å²) in [5.41, 5.74) is 1.19. The molecule has 0 saturated carbocycles. The first-order valence-corrected chi connectivity index (χ1v) is 8.14. The lowest BCUT2D eigenvalue weighted by Crippen LogP contribution is -2.55. The van der Waals surface area contributed by atoms with Gasteiger partial charge in [-0.05, 0) is 42.9 Å². The number of nitrogens with zero attached hydrogens (tertiary/aromatic N) is 1. The highest BCUT2D eigenvalue weighted by Crippen LogP contribution is 2.50. The fourth-order valence-corrected chi connectivity index (χ4v) is 4.90. The number of halogens is 2. The van der Waals surface area contributed by atoms with Crippen LogP contribution in [0.25, 0.3) is 0 Å². The van der Waals surface area contributed by atoms with E-state index in [1.165, 1.54) is 18.4 Å². The Hall–Kier alpha value is -0.570. The molecule has 4 heteroatoms. The molecule has 1 aromatic rings. The van der Waals surface area contributed by atoms with Crippen molar-refractivity contribution < 1.29 is 4.79 Å². The van der Waals surface area contributed by atoms with Gasteiger partial charge in [0, 0.05) is 31.0 Å². The minimum Gasteiger partial charge on any atom is -0.299 e. The Morgan fingerprint density at radius 3 is 2.80 bits per heavy atom. The number of carbonyl (C=O) groups excluding carboxylic acids is 1. The molecule has 3 saturated heterocycles. The van der Waals surface area contributed by atoms with Crippen LogP contribution in [0.1, 0.15) is 37.2 Å². The Balaban J connectivity index is 1.74. The molecule has 5 atom stereocenters. The molecule has 20 heavy (non-hydrogen) atoms. The summed E-state index contributed by atoms with van der Waals surface area (Å²) >= 11 is 12.2. The fourth-order valence-electron chi connectivity index (χ4n) is 4.59. The first-order valence-electron chi connectivity index (χ1n) is 7.38. The standard InChI is InChI=1S/C16H17Cl2NO/c17-12-3-1-9(7-13(12)18)11-8-10-2-4-14-16(11)15(20)5-6-19(10)14/h1,3,7,10-11,14,16H,2,4-6,8H2/t10-,11+,14+,16-/m0/s1. The number of rotatable bonds is 1. The second kappa shape index (κ2) is 4.72. The van der Waals surface area contributed by atoms with Crippen molar-refractivity contribution in [2.24, 2.45) is 5.92 Å². The van der Waals surface area contributed by atoms with Gasteiger partial charge in [0.2, 0.25) is 0 Å². The molecule has 3 heterocycles. The van der Waals surface area contributed by atoms with Crippen LogP contribution in [0.15, 0.2) is 18.2 Å². The summed E-state index contributed by atoms with van der Waals surface area (Å²) in [6.45, 7) is 0.971. The van der Waals surface area contributed by atoms with E-state index in [0.717, 1.165) is 19.4 Å². The smallest absolute Gasteiger partial charge is 0.139 e. The molecule has 0 spiro atoms. The minimum absolute atomic E-state index is 0.166. The summed E-state index contributed by atoms with van der Waals surface area (Å²) in [6.07, 6.45) is 4.23. The van der Waals surface area contributed by atoms with Crippen LogP contribution in [-0.4, -0.2) is 29.3 Å². The lowest BCUT2D eigenvalue weighted by Gasteiger charge is -2.47. The molecule has 0 N–H and O–H groups in total. The zero-order valence-electron chi connectivity index (χ0n) is 11.2. The van der Waals surface area contributed by atoms with Gasteiger partial charge in [0.25, 0.3) is 0 Å². The van der Waals surface area contributed by atoms with Crippen molar-refractivity contribution in [3.05, 3.63) is 33.8 Å². The third kappa shape index (κ3) is 1.85. The zero-order chi connectivity index (χ0) is 13.9. The van der Waals surface area contributed by atoms with Crippen LogP contribution in [0, 0.1) is 5.92 Å². The number of ketones is 1. The van der Waals surface area contributed by atoms with Gasteiger partial charge in [0.1, 0.15) is 5.78 Å². The topological polar surface area (TPSA) is 20.3 Å². The molecule has 0 aromatic heterocycles. The highest BCUT2D eigenvalue weighted by atomic mass is 35.5. The third-order valence-corrected chi connectivity index (χ3v) is 6.16. The number of benzene rings is 1.